The summed E-state index contributed by atoms with van der Waals surface area (Å²) in [7, 11) is 3.50. The maximum Gasteiger partial charge on any atom is 0.325 e. The highest BCUT2D eigenvalue weighted by atomic mass is 16.5. The number of benzene rings is 1. The van der Waals surface area contributed by atoms with Crippen LogP contribution in [0, 0.1) is 0 Å². The molecule has 22 heavy (non-hydrogen) atoms. The average molecular weight is 309 g/mol. The minimum atomic E-state index is -0.585. The Bertz CT molecular complexity index is 518. The highest BCUT2D eigenvalue weighted by Crippen LogP contribution is 2.30. The lowest BCUT2D eigenvalue weighted by Crippen LogP contribution is -2.39. The first-order chi connectivity index (χ1) is 10.5. The number of nitrogens with zero attached hydrogens (tertiary/aromatic N) is 1. The highest BCUT2D eigenvalue weighted by Gasteiger charge is 2.11. The van der Waals surface area contributed by atoms with Crippen molar-refractivity contribution in [2.75, 3.05) is 39.2 Å². The van der Waals surface area contributed by atoms with Gasteiger partial charge in [-0.05, 0) is 40.1 Å². The molecule has 0 aliphatic carbocycles. The number of nitrogens with one attached hydrogen (secondary N) is 2. The zero-order valence-corrected chi connectivity index (χ0v) is 13.4. The standard InChI is InChI=1S/C15H23N3O4/c1-5-21-12-8-7-11(9-13(12)22-6-2)16-15(20)17-14(19)10-18(3)4/h7-9H,5-6,10H2,1-4H3,(H2,16,17,19,20). The molecule has 0 spiro atoms. The van der Waals surface area contributed by atoms with Crippen LogP contribution < -0.4 is 20.1 Å². The van der Waals surface area contributed by atoms with E-state index in [-0.39, 0.29) is 12.5 Å². The number of amides is 3. The molecule has 7 nitrogen and oxygen atoms in total. The molecule has 1 rings (SSSR count). The topological polar surface area (TPSA) is 79.9 Å². The highest BCUT2D eigenvalue weighted by molar-refractivity contribution is 6.01. The van der Waals surface area contributed by atoms with Gasteiger partial charge in [0.2, 0.25) is 5.91 Å². The third-order valence-electron chi connectivity index (χ3n) is 2.51. The molecule has 0 bridgehead atoms. The minimum absolute atomic E-state index is 0.140. The van der Waals surface area contributed by atoms with Gasteiger partial charge < -0.3 is 19.7 Å². The molecule has 0 fully saturated rings. The second-order valence-electron chi connectivity index (χ2n) is 4.77. The largest absolute Gasteiger partial charge is 0.490 e. The molecule has 0 radical (unpaired) electrons. The first-order valence-electron chi connectivity index (χ1n) is 7.11. The van der Waals surface area contributed by atoms with Crippen molar-refractivity contribution in [3.63, 3.8) is 0 Å². The lowest BCUT2D eigenvalue weighted by atomic mass is 10.2. The number of ether oxygens (including phenoxy) is 2. The molecule has 3 amide bonds. The second kappa shape index (κ2) is 8.89. The summed E-state index contributed by atoms with van der Waals surface area (Å²) in [6.45, 7) is 4.89. The van der Waals surface area contributed by atoms with E-state index in [9.17, 15) is 9.59 Å². The Hall–Kier alpha value is -2.28. The van der Waals surface area contributed by atoms with Crippen molar-refractivity contribution in [3.05, 3.63) is 18.2 Å². The summed E-state index contributed by atoms with van der Waals surface area (Å²) < 4.78 is 10.9. The van der Waals surface area contributed by atoms with Crippen LogP contribution in [-0.2, 0) is 4.79 Å². The molecule has 0 aliphatic heterocycles. The van der Waals surface area contributed by atoms with Gasteiger partial charge in [0.15, 0.2) is 11.5 Å². The van der Waals surface area contributed by atoms with Gasteiger partial charge in [-0.25, -0.2) is 4.79 Å². The molecule has 122 valence electrons. The summed E-state index contributed by atoms with van der Waals surface area (Å²) in [5.74, 6) is 0.777. The van der Waals surface area contributed by atoms with Crippen LogP contribution in [0.2, 0.25) is 0 Å². The van der Waals surface area contributed by atoms with Gasteiger partial charge in [-0.2, -0.15) is 0 Å². The Morgan fingerprint density at radius 1 is 1.09 bits per heavy atom. The number of carbonyl (C=O) groups is 2. The zero-order chi connectivity index (χ0) is 16.5. The third kappa shape index (κ3) is 6.01. The van der Waals surface area contributed by atoms with Crippen LogP contribution >= 0.6 is 0 Å². The third-order valence-corrected chi connectivity index (χ3v) is 2.51. The summed E-state index contributed by atoms with van der Waals surface area (Å²) >= 11 is 0. The van der Waals surface area contributed by atoms with Crippen LogP contribution in [0.4, 0.5) is 10.5 Å². The molecule has 0 unspecified atom stereocenters. The minimum Gasteiger partial charge on any atom is -0.490 e. The summed E-state index contributed by atoms with van der Waals surface area (Å²) in [4.78, 5) is 24.9. The number of imide groups is 1. The maximum absolute atomic E-state index is 11.8. The average Bonchev–Trinajstić information content (AvgIpc) is 2.41. The van der Waals surface area contributed by atoms with E-state index in [0.717, 1.165) is 0 Å². The van der Waals surface area contributed by atoms with Gasteiger partial charge in [0, 0.05) is 11.8 Å². The molecule has 0 aromatic heterocycles. The monoisotopic (exact) mass is 309 g/mol. The zero-order valence-electron chi connectivity index (χ0n) is 13.4. The summed E-state index contributed by atoms with van der Waals surface area (Å²) in [5.41, 5.74) is 0.516. The van der Waals surface area contributed by atoms with Crippen molar-refractivity contribution in [2.45, 2.75) is 13.8 Å². The van der Waals surface area contributed by atoms with Crippen LogP contribution in [0.5, 0.6) is 11.5 Å². The number of hydrogen-bond acceptors (Lipinski definition) is 5. The van der Waals surface area contributed by atoms with Crippen LogP contribution in [0.3, 0.4) is 0 Å². The number of urea groups is 1. The van der Waals surface area contributed by atoms with Crippen molar-refractivity contribution in [1.82, 2.24) is 10.2 Å². The van der Waals surface area contributed by atoms with E-state index in [1.165, 1.54) is 0 Å². The maximum atomic E-state index is 11.8. The van der Waals surface area contributed by atoms with Crippen LogP contribution in [0.25, 0.3) is 0 Å². The SMILES string of the molecule is CCOc1ccc(NC(=O)NC(=O)CN(C)C)cc1OCC. The molecule has 1 aromatic carbocycles. The fourth-order valence-corrected chi connectivity index (χ4v) is 1.74. The van der Waals surface area contributed by atoms with Gasteiger partial charge in [-0.1, -0.05) is 0 Å². The molecule has 0 aliphatic rings. The molecule has 1 aromatic rings. The van der Waals surface area contributed by atoms with Crippen LogP contribution in [-0.4, -0.2) is 50.7 Å². The summed E-state index contributed by atoms with van der Waals surface area (Å²) in [5, 5.41) is 4.84. The number of likely N-dealkylation sites (N-methyl/N-ethyl adjacent to an activating group) is 1. The molecular weight excluding hydrogens is 286 g/mol. The van der Waals surface area contributed by atoms with Crippen molar-refractivity contribution in [3.8, 4) is 11.5 Å². The second-order valence-corrected chi connectivity index (χ2v) is 4.77. The first-order valence-corrected chi connectivity index (χ1v) is 7.11. The molecule has 7 heteroatoms. The lowest BCUT2D eigenvalue weighted by molar-refractivity contribution is -0.120. The van der Waals surface area contributed by atoms with E-state index in [0.29, 0.717) is 30.4 Å². The van der Waals surface area contributed by atoms with E-state index >= 15 is 0 Å². The number of anilines is 1. The number of hydrogen-bond donors (Lipinski definition) is 2. The molecule has 0 heterocycles. The molecule has 0 atom stereocenters. The normalized spacial score (nSPS) is 10.2. The molecule has 0 saturated carbocycles. The Morgan fingerprint density at radius 2 is 1.73 bits per heavy atom. The Kier molecular flexibility index (Phi) is 7.18. The number of rotatable bonds is 7. The van der Waals surface area contributed by atoms with E-state index in [4.69, 9.17) is 9.47 Å². The van der Waals surface area contributed by atoms with Gasteiger partial charge >= 0.3 is 6.03 Å². The van der Waals surface area contributed by atoms with Crippen molar-refractivity contribution < 1.29 is 19.1 Å². The predicted octanol–water partition coefficient (Wildman–Crippen LogP) is 1.69. The smallest absolute Gasteiger partial charge is 0.325 e. The van der Waals surface area contributed by atoms with Gasteiger partial charge in [0.25, 0.3) is 0 Å². The van der Waals surface area contributed by atoms with Gasteiger partial charge in [-0.3, -0.25) is 10.1 Å². The van der Waals surface area contributed by atoms with E-state index < -0.39 is 6.03 Å². The van der Waals surface area contributed by atoms with E-state index in [2.05, 4.69) is 10.6 Å². The fraction of sp³-hybridized carbons (Fsp3) is 0.467. The molecule has 0 saturated heterocycles. The van der Waals surface area contributed by atoms with E-state index in [1.54, 1.807) is 37.2 Å². The first kappa shape index (κ1) is 17.8. The van der Waals surface area contributed by atoms with E-state index in [1.807, 2.05) is 13.8 Å². The Morgan fingerprint density at radius 3 is 2.32 bits per heavy atom. The fourth-order valence-electron chi connectivity index (χ4n) is 1.74. The van der Waals surface area contributed by atoms with Crippen molar-refractivity contribution >= 4 is 17.6 Å². The van der Waals surface area contributed by atoms with Crippen molar-refractivity contribution in [1.29, 1.82) is 0 Å². The summed E-state index contributed by atoms with van der Waals surface area (Å²) in [6, 6.07) is 4.47. The quantitative estimate of drug-likeness (QED) is 0.801. The number of carbonyl (C=O) groups excluding carboxylic acids is 2. The molecule has 2 N–H and O–H groups in total. The van der Waals surface area contributed by atoms with Gasteiger partial charge in [0.05, 0.1) is 19.8 Å². The van der Waals surface area contributed by atoms with Gasteiger partial charge in [-0.15, -0.1) is 0 Å². The lowest BCUT2D eigenvalue weighted by Gasteiger charge is -2.13. The van der Waals surface area contributed by atoms with Crippen LogP contribution in [0.1, 0.15) is 13.8 Å². The predicted molar refractivity (Wildman–Crippen MR) is 84.5 cm³/mol. The van der Waals surface area contributed by atoms with Crippen molar-refractivity contribution in [2.24, 2.45) is 0 Å². The summed E-state index contributed by atoms with van der Waals surface area (Å²) in [6.07, 6.45) is 0. The Balaban J connectivity index is 2.70. The van der Waals surface area contributed by atoms with Gasteiger partial charge in [0.1, 0.15) is 0 Å². The van der Waals surface area contributed by atoms with Crippen LogP contribution in [0.15, 0.2) is 18.2 Å². The molecular formula is C15H23N3O4. The Labute approximate surface area is 130 Å².